The van der Waals surface area contributed by atoms with Gasteiger partial charge in [0.05, 0.1) is 5.69 Å². The van der Waals surface area contributed by atoms with Crippen LogP contribution in [-0.2, 0) is 12.8 Å². The molecule has 0 amide bonds. The van der Waals surface area contributed by atoms with Crippen molar-refractivity contribution in [1.82, 2.24) is 9.97 Å². The second-order valence-corrected chi connectivity index (χ2v) is 6.12. The van der Waals surface area contributed by atoms with E-state index in [4.69, 9.17) is 16.0 Å². The van der Waals surface area contributed by atoms with Gasteiger partial charge in [0.2, 0.25) is 5.89 Å². The molecule has 23 heavy (non-hydrogen) atoms. The van der Waals surface area contributed by atoms with Gasteiger partial charge in [-0.1, -0.05) is 23.7 Å². The molecule has 3 aromatic rings. The number of aromatic nitrogens is 2. The number of halogens is 2. The van der Waals surface area contributed by atoms with Gasteiger partial charge in [0.1, 0.15) is 17.3 Å². The van der Waals surface area contributed by atoms with Crippen LogP contribution in [-0.4, -0.2) is 9.97 Å². The third kappa shape index (κ3) is 2.75. The molecule has 1 aliphatic rings. The summed E-state index contributed by atoms with van der Waals surface area (Å²) in [7, 11) is 0. The number of nitrogens with zero attached hydrogens (tertiary/aromatic N) is 2. The summed E-state index contributed by atoms with van der Waals surface area (Å²) in [6.45, 7) is 0. The van der Waals surface area contributed by atoms with E-state index in [-0.39, 0.29) is 11.7 Å². The first-order chi connectivity index (χ1) is 11.2. The quantitative estimate of drug-likeness (QED) is 0.678. The first kappa shape index (κ1) is 14.4. The van der Waals surface area contributed by atoms with Crippen molar-refractivity contribution in [2.75, 3.05) is 0 Å². The van der Waals surface area contributed by atoms with Gasteiger partial charge in [0.15, 0.2) is 0 Å². The zero-order chi connectivity index (χ0) is 15.8. The van der Waals surface area contributed by atoms with E-state index in [1.54, 1.807) is 12.3 Å². The minimum absolute atomic E-state index is 0.234. The SMILES string of the molecule is Fc1ccc(C2CCc3oc(-c4ccccn4)nc3C2)c(Cl)c1. The van der Waals surface area contributed by atoms with E-state index in [0.717, 1.165) is 42.0 Å². The molecule has 0 N–H and O–H groups in total. The van der Waals surface area contributed by atoms with Crippen LogP contribution in [0.1, 0.15) is 29.4 Å². The molecule has 0 saturated carbocycles. The van der Waals surface area contributed by atoms with Gasteiger partial charge in [0.25, 0.3) is 0 Å². The second kappa shape index (κ2) is 5.78. The Morgan fingerprint density at radius 3 is 2.91 bits per heavy atom. The average Bonchev–Trinajstić information content (AvgIpc) is 2.99. The summed E-state index contributed by atoms with van der Waals surface area (Å²) in [5.74, 6) is 1.40. The van der Waals surface area contributed by atoms with Crippen molar-refractivity contribution < 1.29 is 8.81 Å². The van der Waals surface area contributed by atoms with Crippen molar-refractivity contribution in [3.05, 3.63) is 70.5 Å². The standard InChI is InChI=1S/C18H14ClFN2O/c19-14-10-12(20)5-6-13(14)11-4-7-17-16(9-11)22-18(23-17)15-3-1-2-8-21-15/h1-3,5-6,8,10-11H,4,7,9H2. The number of pyridine rings is 1. The molecule has 2 heterocycles. The summed E-state index contributed by atoms with van der Waals surface area (Å²) in [5.41, 5.74) is 2.65. The molecule has 1 aliphatic carbocycles. The van der Waals surface area contributed by atoms with E-state index in [9.17, 15) is 4.39 Å². The molecule has 1 atom stereocenters. The Kier molecular flexibility index (Phi) is 3.62. The molecule has 0 saturated heterocycles. The van der Waals surface area contributed by atoms with Crippen molar-refractivity contribution >= 4 is 11.6 Å². The Morgan fingerprint density at radius 2 is 2.13 bits per heavy atom. The lowest BCUT2D eigenvalue weighted by atomic mass is 9.85. The molecule has 1 aromatic carbocycles. The van der Waals surface area contributed by atoms with Crippen LogP contribution in [0, 0.1) is 5.82 Å². The number of fused-ring (bicyclic) bond motifs is 1. The number of oxazole rings is 1. The first-order valence-electron chi connectivity index (χ1n) is 7.55. The monoisotopic (exact) mass is 328 g/mol. The minimum atomic E-state index is -0.311. The lowest BCUT2D eigenvalue weighted by molar-refractivity contribution is 0.464. The molecular formula is C18H14ClFN2O. The summed E-state index contributed by atoms with van der Waals surface area (Å²) < 4.78 is 19.1. The third-order valence-electron chi connectivity index (χ3n) is 4.22. The molecule has 1 unspecified atom stereocenters. The number of benzene rings is 1. The van der Waals surface area contributed by atoms with Gasteiger partial charge < -0.3 is 4.42 Å². The van der Waals surface area contributed by atoms with E-state index >= 15 is 0 Å². The lowest BCUT2D eigenvalue weighted by Gasteiger charge is -2.21. The summed E-state index contributed by atoms with van der Waals surface area (Å²) in [6, 6.07) is 10.2. The van der Waals surface area contributed by atoms with Crippen LogP contribution in [0.4, 0.5) is 4.39 Å². The third-order valence-corrected chi connectivity index (χ3v) is 4.55. The average molecular weight is 329 g/mol. The van der Waals surface area contributed by atoms with E-state index in [1.807, 2.05) is 18.2 Å². The molecule has 0 spiro atoms. The fourth-order valence-corrected chi connectivity index (χ4v) is 3.40. The zero-order valence-corrected chi connectivity index (χ0v) is 13.1. The van der Waals surface area contributed by atoms with Gasteiger partial charge in [-0.05, 0) is 42.2 Å². The molecule has 0 bridgehead atoms. The van der Waals surface area contributed by atoms with Crippen LogP contribution >= 0.6 is 11.6 Å². The largest absolute Gasteiger partial charge is 0.440 e. The fraction of sp³-hybridized carbons (Fsp3) is 0.222. The molecular weight excluding hydrogens is 315 g/mol. The predicted molar refractivity (Wildman–Crippen MR) is 85.9 cm³/mol. The van der Waals surface area contributed by atoms with Crippen molar-refractivity contribution in [2.24, 2.45) is 0 Å². The van der Waals surface area contributed by atoms with E-state index in [0.29, 0.717) is 10.9 Å². The van der Waals surface area contributed by atoms with Crippen molar-refractivity contribution in [2.45, 2.75) is 25.2 Å². The number of hydrogen-bond donors (Lipinski definition) is 0. The van der Waals surface area contributed by atoms with E-state index in [2.05, 4.69) is 9.97 Å². The summed E-state index contributed by atoms with van der Waals surface area (Å²) >= 11 is 6.20. The maximum Gasteiger partial charge on any atom is 0.245 e. The van der Waals surface area contributed by atoms with Crippen molar-refractivity contribution in [1.29, 1.82) is 0 Å². The highest BCUT2D eigenvalue weighted by atomic mass is 35.5. The van der Waals surface area contributed by atoms with Crippen LogP contribution in [0.2, 0.25) is 5.02 Å². The van der Waals surface area contributed by atoms with Gasteiger partial charge in [-0.15, -0.1) is 0 Å². The topological polar surface area (TPSA) is 38.9 Å². The summed E-state index contributed by atoms with van der Waals surface area (Å²) in [5, 5.41) is 0.479. The molecule has 0 radical (unpaired) electrons. The molecule has 4 rings (SSSR count). The minimum Gasteiger partial charge on any atom is -0.440 e. The van der Waals surface area contributed by atoms with Gasteiger partial charge >= 0.3 is 0 Å². The summed E-state index contributed by atoms with van der Waals surface area (Å²) in [6.07, 6.45) is 4.18. The Morgan fingerprint density at radius 1 is 1.22 bits per heavy atom. The predicted octanol–water partition coefficient (Wildman–Crippen LogP) is 4.80. The smallest absolute Gasteiger partial charge is 0.245 e. The number of aryl methyl sites for hydroxylation is 1. The van der Waals surface area contributed by atoms with Gasteiger partial charge in [-0.2, -0.15) is 0 Å². The second-order valence-electron chi connectivity index (χ2n) is 5.71. The number of rotatable bonds is 2. The summed E-state index contributed by atoms with van der Waals surface area (Å²) in [4.78, 5) is 8.87. The fourth-order valence-electron chi connectivity index (χ4n) is 3.08. The van der Waals surface area contributed by atoms with Crippen LogP contribution in [0.5, 0.6) is 0 Å². The van der Waals surface area contributed by atoms with Crippen LogP contribution in [0.3, 0.4) is 0 Å². The number of hydrogen-bond acceptors (Lipinski definition) is 3. The Balaban J connectivity index is 1.63. The molecule has 0 aliphatic heterocycles. The Hall–Kier alpha value is -2.20. The highest BCUT2D eigenvalue weighted by Crippen LogP contribution is 2.37. The van der Waals surface area contributed by atoms with Gasteiger partial charge in [-0.3, -0.25) is 4.98 Å². The maximum atomic E-state index is 13.2. The van der Waals surface area contributed by atoms with E-state index in [1.165, 1.54) is 12.1 Å². The molecule has 0 fully saturated rings. The van der Waals surface area contributed by atoms with Crippen LogP contribution in [0.25, 0.3) is 11.6 Å². The highest BCUT2D eigenvalue weighted by Gasteiger charge is 2.27. The van der Waals surface area contributed by atoms with Crippen LogP contribution < -0.4 is 0 Å². The zero-order valence-electron chi connectivity index (χ0n) is 12.3. The Labute approximate surface area is 138 Å². The normalized spacial score (nSPS) is 17.0. The molecule has 5 heteroatoms. The van der Waals surface area contributed by atoms with Crippen LogP contribution in [0.15, 0.2) is 47.0 Å². The highest BCUT2D eigenvalue weighted by molar-refractivity contribution is 6.31. The molecule has 116 valence electrons. The van der Waals surface area contributed by atoms with Gasteiger partial charge in [-0.25, -0.2) is 9.37 Å². The molecule has 2 aromatic heterocycles. The van der Waals surface area contributed by atoms with Gasteiger partial charge in [0, 0.05) is 24.1 Å². The van der Waals surface area contributed by atoms with Crippen molar-refractivity contribution in [3.8, 4) is 11.6 Å². The van der Waals surface area contributed by atoms with E-state index < -0.39 is 0 Å². The first-order valence-corrected chi connectivity index (χ1v) is 7.93. The maximum absolute atomic E-state index is 13.2. The molecule has 3 nitrogen and oxygen atoms in total. The lowest BCUT2D eigenvalue weighted by Crippen LogP contribution is -2.12. The van der Waals surface area contributed by atoms with Crippen molar-refractivity contribution in [3.63, 3.8) is 0 Å². The Bertz CT molecular complexity index is 847.